The fraction of sp³-hybridized carbons (Fsp3) is 0.154. The minimum absolute atomic E-state index is 0.177. The van der Waals surface area contributed by atoms with E-state index in [2.05, 4.69) is 4.18 Å². The second-order valence-electron chi connectivity index (χ2n) is 4.46. The molecule has 2 aromatic rings. The zero-order valence-corrected chi connectivity index (χ0v) is 12.7. The van der Waals surface area contributed by atoms with Gasteiger partial charge in [0.1, 0.15) is 5.75 Å². The maximum atomic E-state index is 12.3. The standard InChI is InChI=1S/C13H8ClF3O5S/c14-11-4-1-7-5-8(22-23(20,21)13(15,16)17)2-3-9(7)10(11)6-12(18)19/h1-5H,6H2,(H,18,19). The second kappa shape index (κ2) is 5.89. The highest BCUT2D eigenvalue weighted by atomic mass is 35.5. The normalized spacial score (nSPS) is 12.3. The van der Waals surface area contributed by atoms with Crippen LogP contribution in [0.25, 0.3) is 10.8 Å². The summed E-state index contributed by atoms with van der Waals surface area (Å²) >= 11 is 5.91. The number of alkyl halides is 3. The highest BCUT2D eigenvalue weighted by molar-refractivity contribution is 7.88. The van der Waals surface area contributed by atoms with Gasteiger partial charge in [-0.3, -0.25) is 4.79 Å². The van der Waals surface area contributed by atoms with Crippen molar-refractivity contribution in [2.45, 2.75) is 11.9 Å². The molecule has 0 atom stereocenters. The molecule has 0 saturated carbocycles. The van der Waals surface area contributed by atoms with Crippen molar-refractivity contribution in [3.63, 3.8) is 0 Å². The molecule has 0 fully saturated rings. The van der Waals surface area contributed by atoms with Gasteiger partial charge >= 0.3 is 21.6 Å². The fourth-order valence-electron chi connectivity index (χ4n) is 1.90. The Morgan fingerprint density at radius 1 is 1.22 bits per heavy atom. The maximum absolute atomic E-state index is 12.3. The fourth-order valence-corrected chi connectivity index (χ4v) is 2.59. The Hall–Kier alpha value is -2.00. The summed E-state index contributed by atoms with van der Waals surface area (Å²) in [6.07, 6.45) is -0.392. The van der Waals surface area contributed by atoms with Gasteiger partial charge in [-0.1, -0.05) is 23.7 Å². The van der Waals surface area contributed by atoms with Crippen molar-refractivity contribution in [3.05, 3.63) is 40.9 Å². The molecule has 5 nitrogen and oxygen atoms in total. The minimum atomic E-state index is -5.78. The number of carboxylic acid groups (broad SMARTS) is 1. The van der Waals surface area contributed by atoms with Crippen LogP contribution >= 0.6 is 11.6 Å². The number of benzene rings is 2. The Kier molecular flexibility index (Phi) is 4.45. The van der Waals surface area contributed by atoms with E-state index in [1.165, 1.54) is 18.2 Å². The van der Waals surface area contributed by atoms with Crippen molar-refractivity contribution in [2.24, 2.45) is 0 Å². The number of hydrogen-bond donors (Lipinski definition) is 1. The van der Waals surface area contributed by atoms with E-state index in [4.69, 9.17) is 16.7 Å². The lowest BCUT2D eigenvalue weighted by Crippen LogP contribution is -2.28. The minimum Gasteiger partial charge on any atom is -0.481 e. The van der Waals surface area contributed by atoms with E-state index in [1.807, 2.05) is 0 Å². The highest BCUT2D eigenvalue weighted by Crippen LogP contribution is 2.32. The molecule has 10 heteroatoms. The molecular formula is C13H8ClF3O5S. The molecule has 0 unspecified atom stereocenters. The van der Waals surface area contributed by atoms with Gasteiger partial charge in [0.25, 0.3) is 0 Å². The summed E-state index contributed by atoms with van der Waals surface area (Å²) in [4.78, 5) is 10.8. The Morgan fingerprint density at radius 2 is 1.87 bits per heavy atom. The van der Waals surface area contributed by atoms with E-state index >= 15 is 0 Å². The first-order chi connectivity index (χ1) is 10.5. The third-order valence-corrected chi connectivity index (χ3v) is 4.20. The average Bonchev–Trinajstić information content (AvgIpc) is 2.40. The first-order valence-corrected chi connectivity index (χ1v) is 7.73. The lowest BCUT2D eigenvalue weighted by Gasteiger charge is -2.11. The van der Waals surface area contributed by atoms with Gasteiger partial charge in [-0.05, 0) is 34.5 Å². The molecular weight excluding hydrogens is 361 g/mol. The number of fused-ring (bicyclic) bond motifs is 1. The number of hydrogen-bond acceptors (Lipinski definition) is 4. The van der Waals surface area contributed by atoms with E-state index in [0.29, 0.717) is 10.8 Å². The van der Waals surface area contributed by atoms with Crippen LogP contribution in [-0.4, -0.2) is 25.0 Å². The van der Waals surface area contributed by atoms with Crippen LogP contribution in [0.1, 0.15) is 5.56 Å². The smallest absolute Gasteiger partial charge is 0.481 e. The van der Waals surface area contributed by atoms with Crippen LogP contribution in [0, 0.1) is 0 Å². The van der Waals surface area contributed by atoms with Crippen molar-refractivity contribution in [1.29, 1.82) is 0 Å². The van der Waals surface area contributed by atoms with Crippen molar-refractivity contribution in [3.8, 4) is 5.75 Å². The number of rotatable bonds is 4. The Bertz CT molecular complexity index is 877. The molecule has 0 spiro atoms. The van der Waals surface area contributed by atoms with E-state index in [9.17, 15) is 26.4 Å². The van der Waals surface area contributed by atoms with Crippen LogP contribution in [0.15, 0.2) is 30.3 Å². The number of carbonyl (C=O) groups is 1. The van der Waals surface area contributed by atoms with Crippen molar-refractivity contribution in [1.82, 2.24) is 0 Å². The molecule has 124 valence electrons. The molecule has 1 N–H and O–H groups in total. The first kappa shape index (κ1) is 17.4. The summed E-state index contributed by atoms with van der Waals surface area (Å²) < 4.78 is 62.9. The van der Waals surface area contributed by atoms with E-state index in [0.717, 1.165) is 12.1 Å². The second-order valence-corrected chi connectivity index (χ2v) is 6.41. The monoisotopic (exact) mass is 368 g/mol. The summed E-state index contributed by atoms with van der Waals surface area (Å²) in [6.45, 7) is 0. The number of halogens is 4. The molecule has 0 saturated heterocycles. The summed E-state index contributed by atoms with van der Waals surface area (Å²) in [7, 11) is -5.78. The Morgan fingerprint density at radius 3 is 2.43 bits per heavy atom. The zero-order valence-electron chi connectivity index (χ0n) is 11.1. The van der Waals surface area contributed by atoms with Gasteiger partial charge in [-0.15, -0.1) is 0 Å². The predicted octanol–water partition coefficient (Wildman–Crippen LogP) is 3.35. The van der Waals surface area contributed by atoms with Gasteiger partial charge in [0.15, 0.2) is 0 Å². The summed E-state index contributed by atoms with van der Waals surface area (Å²) in [5.41, 5.74) is -5.28. The quantitative estimate of drug-likeness (QED) is 0.661. The number of aliphatic carboxylic acids is 1. The van der Waals surface area contributed by atoms with E-state index in [-0.39, 0.29) is 10.6 Å². The largest absolute Gasteiger partial charge is 0.534 e. The van der Waals surface area contributed by atoms with Crippen LogP contribution in [0.4, 0.5) is 13.2 Å². The SMILES string of the molecule is O=C(O)Cc1c(Cl)ccc2cc(OS(=O)(=O)C(F)(F)F)ccc12. The highest BCUT2D eigenvalue weighted by Gasteiger charge is 2.48. The Labute approximate surface area is 133 Å². The van der Waals surface area contributed by atoms with Crippen LogP contribution in [0.5, 0.6) is 5.75 Å². The molecule has 0 aromatic heterocycles. The zero-order chi connectivity index (χ0) is 17.4. The van der Waals surface area contributed by atoms with Crippen molar-refractivity contribution < 1.29 is 35.7 Å². The molecule has 0 heterocycles. The van der Waals surface area contributed by atoms with Gasteiger partial charge < -0.3 is 9.29 Å². The van der Waals surface area contributed by atoms with Crippen LogP contribution in [0.2, 0.25) is 5.02 Å². The third kappa shape index (κ3) is 3.67. The summed E-state index contributed by atoms with van der Waals surface area (Å²) in [5.74, 6) is -1.68. The predicted molar refractivity (Wildman–Crippen MR) is 75.9 cm³/mol. The molecule has 0 radical (unpaired) electrons. The summed E-state index contributed by atoms with van der Waals surface area (Å²) in [6, 6.07) is 6.08. The topological polar surface area (TPSA) is 80.7 Å². The molecule has 0 aliphatic carbocycles. The van der Waals surface area contributed by atoms with Gasteiger partial charge in [0, 0.05) is 5.02 Å². The average molecular weight is 369 g/mol. The lowest BCUT2D eigenvalue weighted by atomic mass is 10.0. The van der Waals surface area contributed by atoms with Crippen LogP contribution in [0.3, 0.4) is 0 Å². The van der Waals surface area contributed by atoms with Gasteiger partial charge in [0.2, 0.25) is 0 Å². The first-order valence-electron chi connectivity index (χ1n) is 5.95. The molecule has 0 aliphatic heterocycles. The lowest BCUT2D eigenvalue weighted by molar-refractivity contribution is -0.136. The van der Waals surface area contributed by atoms with Crippen LogP contribution in [-0.2, 0) is 21.3 Å². The van der Waals surface area contributed by atoms with E-state index < -0.39 is 33.8 Å². The Balaban J connectivity index is 2.49. The van der Waals surface area contributed by atoms with Gasteiger partial charge in [0.05, 0.1) is 6.42 Å². The van der Waals surface area contributed by atoms with Crippen molar-refractivity contribution >= 4 is 38.5 Å². The van der Waals surface area contributed by atoms with Gasteiger partial charge in [-0.25, -0.2) is 0 Å². The molecule has 0 aliphatic rings. The molecule has 2 rings (SSSR count). The maximum Gasteiger partial charge on any atom is 0.534 e. The van der Waals surface area contributed by atoms with Crippen molar-refractivity contribution in [2.75, 3.05) is 0 Å². The van der Waals surface area contributed by atoms with Gasteiger partial charge in [-0.2, -0.15) is 21.6 Å². The molecule has 2 aromatic carbocycles. The third-order valence-electron chi connectivity index (χ3n) is 2.86. The number of carboxylic acids is 1. The molecule has 23 heavy (non-hydrogen) atoms. The van der Waals surface area contributed by atoms with Crippen LogP contribution < -0.4 is 4.18 Å². The van der Waals surface area contributed by atoms with E-state index in [1.54, 1.807) is 0 Å². The molecule has 0 bridgehead atoms. The summed E-state index contributed by atoms with van der Waals surface area (Å²) in [5, 5.41) is 9.70. The molecule has 0 amide bonds.